The summed E-state index contributed by atoms with van der Waals surface area (Å²) >= 11 is 5.68. The minimum Gasteiger partial charge on any atom is -0.477 e. The zero-order valence-corrected chi connectivity index (χ0v) is 18.7. The van der Waals surface area contributed by atoms with Gasteiger partial charge in [0.1, 0.15) is 11.2 Å². The molecule has 3 aliphatic rings. The molecule has 2 aliphatic carbocycles. The maximum absolute atomic E-state index is 12.5. The first-order chi connectivity index (χ1) is 15.4. The second-order valence-electron chi connectivity index (χ2n) is 8.68. The van der Waals surface area contributed by atoms with Crippen LogP contribution >= 0.6 is 12.2 Å². The highest BCUT2D eigenvalue weighted by molar-refractivity contribution is 7.80. The van der Waals surface area contributed by atoms with Crippen molar-refractivity contribution in [3.8, 4) is 0 Å². The molecule has 1 saturated carbocycles. The van der Waals surface area contributed by atoms with Gasteiger partial charge in [0, 0.05) is 51.2 Å². The van der Waals surface area contributed by atoms with Gasteiger partial charge in [0.05, 0.1) is 5.39 Å². The lowest BCUT2D eigenvalue weighted by Gasteiger charge is -2.37. The summed E-state index contributed by atoms with van der Waals surface area (Å²) in [5, 5.41) is 13.9. The van der Waals surface area contributed by atoms with Gasteiger partial charge in [-0.2, -0.15) is 4.98 Å². The Morgan fingerprint density at radius 2 is 2.03 bits per heavy atom. The van der Waals surface area contributed by atoms with Crippen molar-refractivity contribution in [2.75, 3.05) is 31.1 Å². The van der Waals surface area contributed by atoms with E-state index in [1.165, 1.54) is 18.8 Å². The predicted molar refractivity (Wildman–Crippen MR) is 125 cm³/mol. The Hall–Kier alpha value is -3.01. The molecule has 3 heterocycles. The lowest BCUT2D eigenvalue weighted by atomic mass is 10.0. The van der Waals surface area contributed by atoms with Crippen molar-refractivity contribution in [3.05, 3.63) is 40.3 Å². The molecule has 2 fully saturated rings. The SMILES string of the molecule is CCn1cc(C(=O)O)c(=O)c2cnc(N3CCN(C(=S)N[C@H]4C[C@@H]5C=C[C@H]4C5)CC3)nc21. The minimum absolute atomic E-state index is 0.222. The molecular weight excluding hydrogens is 428 g/mol. The number of hydrogen-bond acceptors (Lipinski definition) is 6. The van der Waals surface area contributed by atoms with Gasteiger partial charge >= 0.3 is 5.97 Å². The van der Waals surface area contributed by atoms with E-state index in [9.17, 15) is 14.7 Å². The first kappa shape index (κ1) is 20.9. The number of nitrogens with zero attached hydrogens (tertiary/aromatic N) is 5. The molecule has 168 valence electrons. The van der Waals surface area contributed by atoms with Gasteiger partial charge in [-0.15, -0.1) is 0 Å². The largest absolute Gasteiger partial charge is 0.477 e. The summed E-state index contributed by atoms with van der Waals surface area (Å²) in [7, 11) is 0. The maximum Gasteiger partial charge on any atom is 0.341 e. The van der Waals surface area contributed by atoms with Crippen molar-refractivity contribution >= 4 is 40.3 Å². The number of carbonyl (C=O) groups is 1. The van der Waals surface area contributed by atoms with Gasteiger partial charge in [-0.1, -0.05) is 12.2 Å². The number of allylic oxidation sites excluding steroid dienone is 1. The van der Waals surface area contributed by atoms with E-state index in [0.29, 0.717) is 49.1 Å². The zero-order valence-electron chi connectivity index (χ0n) is 17.9. The summed E-state index contributed by atoms with van der Waals surface area (Å²) in [5.74, 6) is 0.599. The van der Waals surface area contributed by atoms with Gasteiger partial charge < -0.3 is 24.8 Å². The highest BCUT2D eigenvalue weighted by Gasteiger charge is 2.36. The summed E-state index contributed by atoms with van der Waals surface area (Å²) < 4.78 is 1.68. The first-order valence-corrected chi connectivity index (χ1v) is 11.5. The van der Waals surface area contributed by atoms with E-state index in [4.69, 9.17) is 12.2 Å². The van der Waals surface area contributed by atoms with Gasteiger partial charge in [-0.05, 0) is 43.8 Å². The Morgan fingerprint density at radius 1 is 1.25 bits per heavy atom. The van der Waals surface area contributed by atoms with Crippen LogP contribution in [0.1, 0.15) is 30.1 Å². The Bertz CT molecular complexity index is 1170. The number of hydrogen-bond donors (Lipinski definition) is 2. The van der Waals surface area contributed by atoms with E-state index in [1.54, 1.807) is 4.57 Å². The van der Waals surface area contributed by atoms with Crippen molar-refractivity contribution in [1.29, 1.82) is 0 Å². The molecule has 2 N–H and O–H groups in total. The van der Waals surface area contributed by atoms with Crippen molar-refractivity contribution in [3.63, 3.8) is 0 Å². The van der Waals surface area contributed by atoms with Crippen LogP contribution in [0.15, 0.2) is 29.3 Å². The normalized spacial score (nSPS) is 24.3. The molecule has 0 amide bonds. The average Bonchev–Trinajstić information content (AvgIpc) is 3.42. The average molecular weight is 455 g/mol. The molecule has 2 aromatic heterocycles. The number of thiocarbonyl (C=S) groups is 1. The van der Waals surface area contributed by atoms with Crippen LogP contribution in [0.5, 0.6) is 0 Å². The second-order valence-corrected chi connectivity index (χ2v) is 9.07. The summed E-state index contributed by atoms with van der Waals surface area (Å²) in [6.07, 6.45) is 9.85. The molecule has 9 nitrogen and oxygen atoms in total. The fraction of sp³-hybridized carbons (Fsp3) is 0.500. The van der Waals surface area contributed by atoms with Gasteiger partial charge in [-0.3, -0.25) is 4.79 Å². The molecule has 32 heavy (non-hydrogen) atoms. The van der Waals surface area contributed by atoms with Crippen LogP contribution in [-0.2, 0) is 6.54 Å². The number of aromatic nitrogens is 3. The molecule has 0 spiro atoms. The Kier molecular flexibility index (Phi) is 5.32. The third-order valence-corrected chi connectivity index (χ3v) is 7.19. The van der Waals surface area contributed by atoms with Crippen LogP contribution in [0.4, 0.5) is 5.95 Å². The molecule has 0 unspecified atom stereocenters. The predicted octanol–water partition coefficient (Wildman–Crippen LogP) is 1.47. The number of carboxylic acids is 1. The highest BCUT2D eigenvalue weighted by Crippen LogP contribution is 2.39. The first-order valence-electron chi connectivity index (χ1n) is 11.1. The van der Waals surface area contributed by atoms with Gasteiger partial charge in [0.25, 0.3) is 0 Å². The third kappa shape index (κ3) is 3.62. The maximum atomic E-state index is 12.5. The fourth-order valence-corrected chi connectivity index (χ4v) is 5.35. The number of pyridine rings is 1. The van der Waals surface area contributed by atoms with E-state index in [2.05, 4.69) is 37.2 Å². The molecule has 1 aliphatic heterocycles. The number of aryl methyl sites for hydroxylation is 1. The van der Waals surface area contributed by atoms with Crippen molar-refractivity contribution in [2.45, 2.75) is 32.4 Å². The number of anilines is 1. The third-order valence-electron chi connectivity index (χ3n) is 6.81. The Morgan fingerprint density at radius 3 is 2.66 bits per heavy atom. The van der Waals surface area contributed by atoms with Crippen molar-refractivity contribution < 1.29 is 9.90 Å². The van der Waals surface area contributed by atoms with Crippen LogP contribution in [0.25, 0.3) is 11.0 Å². The van der Waals surface area contributed by atoms with E-state index in [0.717, 1.165) is 24.6 Å². The monoisotopic (exact) mass is 454 g/mol. The van der Waals surface area contributed by atoms with Crippen LogP contribution in [0.3, 0.4) is 0 Å². The molecule has 1 saturated heterocycles. The minimum atomic E-state index is -1.25. The van der Waals surface area contributed by atoms with Crippen molar-refractivity contribution in [2.24, 2.45) is 11.8 Å². The van der Waals surface area contributed by atoms with E-state index < -0.39 is 11.4 Å². The number of nitrogens with one attached hydrogen (secondary N) is 1. The molecule has 5 rings (SSSR count). The molecule has 2 bridgehead atoms. The van der Waals surface area contributed by atoms with Crippen LogP contribution < -0.4 is 15.6 Å². The molecule has 3 atom stereocenters. The molecule has 2 aromatic rings. The number of fused-ring (bicyclic) bond motifs is 3. The van der Waals surface area contributed by atoms with Crippen LogP contribution in [-0.4, -0.2) is 67.8 Å². The van der Waals surface area contributed by atoms with E-state index in [-0.39, 0.29) is 10.9 Å². The van der Waals surface area contributed by atoms with Gasteiger partial charge in [0.2, 0.25) is 11.4 Å². The van der Waals surface area contributed by atoms with E-state index in [1.807, 2.05) is 6.92 Å². The summed E-state index contributed by atoms with van der Waals surface area (Å²) in [4.78, 5) is 37.2. The fourth-order valence-electron chi connectivity index (χ4n) is 5.02. The summed E-state index contributed by atoms with van der Waals surface area (Å²) in [5.41, 5.74) is -0.367. The lowest BCUT2D eigenvalue weighted by Crippen LogP contribution is -2.54. The number of piperazine rings is 1. The number of carboxylic acid groups (broad SMARTS) is 1. The van der Waals surface area contributed by atoms with Gasteiger partial charge in [-0.25, -0.2) is 9.78 Å². The summed E-state index contributed by atoms with van der Waals surface area (Å²) in [6.45, 7) is 5.35. The molecule has 10 heteroatoms. The molecular formula is C22H26N6O3S. The van der Waals surface area contributed by atoms with E-state index >= 15 is 0 Å². The van der Waals surface area contributed by atoms with Gasteiger partial charge in [0.15, 0.2) is 5.11 Å². The summed E-state index contributed by atoms with van der Waals surface area (Å²) in [6, 6.07) is 0.445. The lowest BCUT2D eigenvalue weighted by molar-refractivity contribution is 0.0695. The highest BCUT2D eigenvalue weighted by atomic mass is 32.1. The topological polar surface area (TPSA) is 104 Å². The van der Waals surface area contributed by atoms with Crippen LogP contribution in [0, 0.1) is 11.8 Å². The Labute approximate surface area is 190 Å². The Balaban J connectivity index is 1.29. The smallest absolute Gasteiger partial charge is 0.341 e. The molecule has 0 aromatic carbocycles. The number of aromatic carboxylic acids is 1. The standard InChI is InChI=1S/C22H26N6O3S/c1-2-26-12-16(20(30)31)18(29)15-11-23-21(25-19(15)26)27-5-7-28(8-6-27)22(32)24-17-10-13-3-4-14(17)9-13/h3-4,11-14,17H,2,5-10H2,1H3,(H,24,32)(H,30,31)/t13-,14+,17+/m1/s1. The molecule has 0 radical (unpaired) electrons. The quantitative estimate of drug-likeness (QED) is 0.525. The zero-order chi connectivity index (χ0) is 22.4. The van der Waals surface area contributed by atoms with Crippen molar-refractivity contribution in [1.82, 2.24) is 24.8 Å². The number of rotatable bonds is 4. The second kappa shape index (κ2) is 8.16. The van der Waals surface area contributed by atoms with Crippen LogP contribution in [0.2, 0.25) is 0 Å².